The fourth-order valence-corrected chi connectivity index (χ4v) is 2.55. The first-order chi connectivity index (χ1) is 12.8. The van der Waals surface area contributed by atoms with Crippen molar-refractivity contribution in [2.24, 2.45) is 0 Å². The summed E-state index contributed by atoms with van der Waals surface area (Å²) in [4.78, 5) is 12.4. The van der Waals surface area contributed by atoms with Gasteiger partial charge in [-0.2, -0.15) is 13.2 Å². The Hall–Kier alpha value is -2.83. The van der Waals surface area contributed by atoms with E-state index in [9.17, 15) is 18.0 Å². The van der Waals surface area contributed by atoms with Gasteiger partial charge < -0.3 is 15.5 Å². The van der Waals surface area contributed by atoms with Gasteiger partial charge in [0.2, 0.25) is 0 Å². The molecule has 0 heterocycles. The van der Waals surface area contributed by atoms with Gasteiger partial charge >= 0.3 is 6.18 Å². The number of amides is 1. The Balaban J connectivity index is 2.13. The average molecular weight is 378 g/mol. The zero-order chi connectivity index (χ0) is 19.9. The van der Waals surface area contributed by atoms with Gasteiger partial charge in [-0.3, -0.25) is 4.79 Å². The highest BCUT2D eigenvalue weighted by molar-refractivity contribution is 5.81. The number of rotatable bonds is 8. The van der Waals surface area contributed by atoms with E-state index in [2.05, 4.69) is 5.32 Å². The molecule has 0 spiro atoms. The Labute approximate surface area is 155 Å². The van der Waals surface area contributed by atoms with Crippen molar-refractivity contribution in [3.8, 4) is 5.75 Å². The first-order valence-electron chi connectivity index (χ1n) is 8.55. The average Bonchev–Trinajstić information content (AvgIpc) is 2.66. The van der Waals surface area contributed by atoms with Gasteiger partial charge in [0.1, 0.15) is 5.75 Å². The summed E-state index contributed by atoms with van der Waals surface area (Å²) in [6.07, 6.45) is -3.86. The summed E-state index contributed by atoms with van der Waals surface area (Å²) in [5, 5.41) is 9.87. The molecule has 27 heavy (non-hydrogen) atoms. The number of nitrogens with one attached hydrogen (secondary N) is 2. The van der Waals surface area contributed by atoms with Crippen molar-refractivity contribution in [3.63, 3.8) is 0 Å². The maximum Gasteiger partial charge on any atom is 0.417 e. The minimum atomic E-state index is -4.61. The van der Waals surface area contributed by atoms with Crippen LogP contribution in [0.2, 0.25) is 0 Å². The number of carbonyl (C=O) groups excluding carboxylic acids is 1. The first kappa shape index (κ1) is 20.5. The summed E-state index contributed by atoms with van der Waals surface area (Å²) < 4.78 is 44.9. The molecule has 0 aliphatic carbocycles. The molecule has 0 aliphatic rings. The molecular formula is C20H21F3N2O2. The van der Waals surface area contributed by atoms with E-state index < -0.39 is 17.8 Å². The second-order valence-electron chi connectivity index (χ2n) is 5.99. The number of ether oxygens (including phenoxy) is 1. The quantitative estimate of drug-likeness (QED) is 0.661. The van der Waals surface area contributed by atoms with Crippen molar-refractivity contribution in [3.05, 3.63) is 65.2 Å². The van der Waals surface area contributed by atoms with Crippen LogP contribution in [0.5, 0.6) is 5.75 Å². The Kier molecular flexibility index (Phi) is 6.98. The van der Waals surface area contributed by atoms with Crippen molar-refractivity contribution in [2.75, 3.05) is 0 Å². The lowest BCUT2D eigenvalue weighted by Gasteiger charge is -2.20. The van der Waals surface area contributed by atoms with E-state index in [-0.39, 0.29) is 17.2 Å². The standard InChI is InChI=1S/C20H21F3N2O2/c1-2-6-18(19(26)25-13-14-7-4-3-5-8-14)27-16-10-9-15(12-24)17(11-16)20(21,22)23/h3-5,7-12,18,24H,2,6,13H2,1H3,(H,25,26). The molecule has 144 valence electrons. The third kappa shape index (κ3) is 5.84. The van der Waals surface area contributed by atoms with Crippen LogP contribution in [0.1, 0.15) is 36.5 Å². The van der Waals surface area contributed by atoms with Crippen LogP contribution in [0.15, 0.2) is 48.5 Å². The van der Waals surface area contributed by atoms with Crippen LogP contribution in [0.25, 0.3) is 0 Å². The maximum atomic E-state index is 13.1. The van der Waals surface area contributed by atoms with E-state index in [1.165, 1.54) is 6.07 Å². The third-order valence-corrected chi connectivity index (χ3v) is 3.92. The second kappa shape index (κ2) is 9.21. The van der Waals surface area contributed by atoms with Gasteiger partial charge in [0, 0.05) is 18.3 Å². The van der Waals surface area contributed by atoms with Gasteiger partial charge in [0.05, 0.1) is 5.56 Å². The molecule has 2 N–H and O–H groups in total. The second-order valence-corrected chi connectivity index (χ2v) is 5.99. The van der Waals surface area contributed by atoms with Crippen LogP contribution in [0, 0.1) is 5.41 Å². The molecule has 0 radical (unpaired) electrons. The monoisotopic (exact) mass is 378 g/mol. The van der Waals surface area contributed by atoms with E-state index in [4.69, 9.17) is 10.1 Å². The fraction of sp³-hybridized carbons (Fsp3) is 0.300. The summed E-state index contributed by atoms with van der Waals surface area (Å²) in [6.45, 7) is 2.17. The number of benzene rings is 2. The highest BCUT2D eigenvalue weighted by Crippen LogP contribution is 2.34. The SMILES string of the molecule is CCCC(Oc1ccc(C=N)c(C(F)(F)F)c1)C(=O)NCc1ccccc1. The number of hydrogen-bond acceptors (Lipinski definition) is 3. The van der Waals surface area contributed by atoms with Gasteiger partial charge in [0.15, 0.2) is 6.10 Å². The lowest BCUT2D eigenvalue weighted by Crippen LogP contribution is -2.38. The van der Waals surface area contributed by atoms with Crippen molar-refractivity contribution in [1.29, 1.82) is 5.41 Å². The molecule has 2 aromatic carbocycles. The molecule has 1 unspecified atom stereocenters. The Morgan fingerprint density at radius 3 is 2.52 bits per heavy atom. The zero-order valence-electron chi connectivity index (χ0n) is 14.8. The molecule has 0 fully saturated rings. The predicted molar refractivity (Wildman–Crippen MR) is 96.9 cm³/mol. The number of hydrogen-bond donors (Lipinski definition) is 2. The summed E-state index contributed by atoms with van der Waals surface area (Å²) in [5.41, 5.74) is -0.304. The molecule has 1 amide bonds. The van der Waals surface area contributed by atoms with Crippen LogP contribution in [0.4, 0.5) is 13.2 Å². The van der Waals surface area contributed by atoms with Crippen molar-refractivity contribution in [1.82, 2.24) is 5.32 Å². The van der Waals surface area contributed by atoms with Gasteiger partial charge in [-0.05, 0) is 30.2 Å². The van der Waals surface area contributed by atoms with Crippen molar-refractivity contribution >= 4 is 12.1 Å². The van der Waals surface area contributed by atoms with Gasteiger partial charge in [-0.1, -0.05) is 43.7 Å². The molecule has 4 nitrogen and oxygen atoms in total. The van der Waals surface area contributed by atoms with Crippen LogP contribution in [-0.2, 0) is 17.5 Å². The van der Waals surface area contributed by atoms with Crippen LogP contribution in [-0.4, -0.2) is 18.2 Å². The number of carbonyl (C=O) groups is 1. The van der Waals surface area contributed by atoms with E-state index in [0.29, 0.717) is 25.6 Å². The van der Waals surface area contributed by atoms with E-state index in [1.54, 1.807) is 0 Å². The fourth-order valence-electron chi connectivity index (χ4n) is 2.55. The van der Waals surface area contributed by atoms with Crippen molar-refractivity contribution < 1.29 is 22.7 Å². The summed E-state index contributed by atoms with van der Waals surface area (Å²) in [6, 6.07) is 12.6. The van der Waals surface area contributed by atoms with E-state index >= 15 is 0 Å². The summed E-state index contributed by atoms with van der Waals surface area (Å²) in [7, 11) is 0. The largest absolute Gasteiger partial charge is 0.481 e. The van der Waals surface area contributed by atoms with Crippen molar-refractivity contribution in [2.45, 2.75) is 38.6 Å². The van der Waals surface area contributed by atoms with E-state index in [0.717, 1.165) is 17.7 Å². The molecule has 1 atom stereocenters. The Morgan fingerprint density at radius 1 is 1.22 bits per heavy atom. The molecule has 0 saturated carbocycles. The molecule has 7 heteroatoms. The lowest BCUT2D eigenvalue weighted by molar-refractivity contribution is -0.137. The molecular weight excluding hydrogens is 357 g/mol. The molecule has 0 aromatic heterocycles. The summed E-state index contributed by atoms with van der Waals surface area (Å²) in [5.74, 6) is -0.438. The minimum absolute atomic E-state index is 0.0544. The van der Waals surface area contributed by atoms with E-state index in [1.807, 2.05) is 37.3 Å². The normalized spacial score (nSPS) is 12.3. The molecule has 2 rings (SSSR count). The van der Waals surface area contributed by atoms with Gasteiger partial charge in [-0.15, -0.1) is 0 Å². The minimum Gasteiger partial charge on any atom is -0.481 e. The molecule has 0 bridgehead atoms. The molecule has 2 aromatic rings. The molecule has 0 aliphatic heterocycles. The maximum absolute atomic E-state index is 13.1. The highest BCUT2D eigenvalue weighted by atomic mass is 19.4. The predicted octanol–water partition coefficient (Wildman–Crippen LogP) is 4.57. The van der Waals surface area contributed by atoms with Gasteiger partial charge in [0.25, 0.3) is 5.91 Å². The van der Waals surface area contributed by atoms with Crippen LogP contribution >= 0.6 is 0 Å². The topological polar surface area (TPSA) is 62.2 Å². The van der Waals surface area contributed by atoms with Crippen LogP contribution < -0.4 is 10.1 Å². The molecule has 0 saturated heterocycles. The zero-order valence-corrected chi connectivity index (χ0v) is 14.8. The number of alkyl halides is 3. The smallest absolute Gasteiger partial charge is 0.417 e. The lowest BCUT2D eigenvalue weighted by atomic mass is 10.1. The van der Waals surface area contributed by atoms with Gasteiger partial charge in [-0.25, -0.2) is 0 Å². The highest BCUT2D eigenvalue weighted by Gasteiger charge is 2.33. The summed E-state index contributed by atoms with van der Waals surface area (Å²) >= 11 is 0. The Morgan fingerprint density at radius 2 is 1.93 bits per heavy atom. The van der Waals surface area contributed by atoms with Crippen LogP contribution in [0.3, 0.4) is 0 Å². The third-order valence-electron chi connectivity index (χ3n) is 3.92. The number of halogens is 3. The first-order valence-corrected chi connectivity index (χ1v) is 8.55. The Bertz CT molecular complexity index is 777.